The predicted molar refractivity (Wildman–Crippen MR) is 82.4 cm³/mol. The Morgan fingerprint density at radius 3 is 2.29 bits per heavy atom. The summed E-state index contributed by atoms with van der Waals surface area (Å²) in [5, 5.41) is 14.8. The van der Waals surface area contributed by atoms with Gasteiger partial charge in [0.2, 0.25) is 0 Å². The second-order valence-corrected chi connectivity index (χ2v) is 6.14. The average Bonchev–Trinajstić information content (AvgIpc) is 3.16. The molecule has 1 atom stereocenters. The van der Waals surface area contributed by atoms with Crippen molar-refractivity contribution in [2.24, 2.45) is 5.92 Å². The SMILES string of the molecule is O=C(O)CC(NC(=O)Nc1c(Cl)cc(Cl)cc1Cl)C1CC1. The molecule has 0 radical (unpaired) electrons. The summed E-state index contributed by atoms with van der Waals surface area (Å²) in [7, 11) is 0. The summed E-state index contributed by atoms with van der Waals surface area (Å²) >= 11 is 17.7. The molecule has 2 rings (SSSR count). The quantitative estimate of drug-likeness (QED) is 0.749. The van der Waals surface area contributed by atoms with E-state index in [0.29, 0.717) is 5.02 Å². The molecule has 1 aliphatic rings. The maximum absolute atomic E-state index is 12.0. The normalized spacial score (nSPS) is 15.4. The van der Waals surface area contributed by atoms with Crippen LogP contribution in [0, 0.1) is 5.92 Å². The molecular weight excluding hydrogens is 339 g/mol. The third-order valence-electron chi connectivity index (χ3n) is 3.15. The number of aliphatic carboxylic acids is 1. The molecule has 3 N–H and O–H groups in total. The van der Waals surface area contributed by atoms with Crippen molar-refractivity contribution in [3.05, 3.63) is 27.2 Å². The van der Waals surface area contributed by atoms with Crippen molar-refractivity contribution >= 4 is 52.5 Å². The van der Waals surface area contributed by atoms with Crippen LogP contribution in [0.25, 0.3) is 0 Å². The molecule has 1 aliphatic carbocycles. The molecule has 2 amide bonds. The van der Waals surface area contributed by atoms with Crippen molar-refractivity contribution in [1.29, 1.82) is 0 Å². The first-order chi connectivity index (χ1) is 9.86. The van der Waals surface area contributed by atoms with E-state index in [0.717, 1.165) is 12.8 Å². The molecular formula is C13H13Cl3N2O3. The summed E-state index contributed by atoms with van der Waals surface area (Å²) in [4.78, 5) is 22.8. The van der Waals surface area contributed by atoms with Crippen molar-refractivity contribution in [3.63, 3.8) is 0 Å². The van der Waals surface area contributed by atoms with Crippen molar-refractivity contribution in [3.8, 4) is 0 Å². The number of carboxylic acids is 1. The fourth-order valence-electron chi connectivity index (χ4n) is 2.00. The van der Waals surface area contributed by atoms with Gasteiger partial charge in [0.1, 0.15) is 0 Å². The van der Waals surface area contributed by atoms with Gasteiger partial charge in [0.15, 0.2) is 0 Å². The number of anilines is 1. The molecule has 114 valence electrons. The molecule has 0 bridgehead atoms. The van der Waals surface area contributed by atoms with Gasteiger partial charge in [-0.15, -0.1) is 0 Å². The molecule has 8 heteroatoms. The molecule has 1 fully saturated rings. The van der Waals surface area contributed by atoms with Gasteiger partial charge in [-0.3, -0.25) is 4.79 Å². The topological polar surface area (TPSA) is 78.4 Å². The van der Waals surface area contributed by atoms with E-state index in [9.17, 15) is 9.59 Å². The van der Waals surface area contributed by atoms with Crippen LogP contribution in [0.15, 0.2) is 12.1 Å². The first-order valence-corrected chi connectivity index (χ1v) is 7.44. The maximum Gasteiger partial charge on any atom is 0.319 e. The minimum absolute atomic E-state index is 0.111. The second-order valence-electron chi connectivity index (χ2n) is 4.88. The van der Waals surface area contributed by atoms with E-state index in [1.54, 1.807) is 0 Å². The minimum Gasteiger partial charge on any atom is -0.481 e. The maximum atomic E-state index is 12.0. The minimum atomic E-state index is -0.949. The van der Waals surface area contributed by atoms with Gasteiger partial charge in [-0.25, -0.2) is 4.79 Å². The number of carbonyl (C=O) groups excluding carboxylic acids is 1. The standard InChI is InChI=1S/C13H13Cl3N2O3/c14-7-3-8(15)12(9(16)4-7)18-13(21)17-10(5-11(19)20)6-1-2-6/h3-4,6,10H,1-2,5H2,(H,19,20)(H2,17,18,21). The van der Waals surface area contributed by atoms with Crippen LogP contribution in [0.3, 0.4) is 0 Å². The highest BCUT2D eigenvalue weighted by Crippen LogP contribution is 2.35. The Bertz CT molecular complexity index is 553. The number of hydrogen-bond acceptors (Lipinski definition) is 2. The highest BCUT2D eigenvalue weighted by molar-refractivity contribution is 6.42. The number of hydrogen-bond donors (Lipinski definition) is 3. The zero-order valence-corrected chi connectivity index (χ0v) is 13.1. The highest BCUT2D eigenvalue weighted by atomic mass is 35.5. The number of rotatable bonds is 5. The number of benzene rings is 1. The Labute approximate surface area is 136 Å². The summed E-state index contributed by atoms with van der Waals surface area (Å²) in [5.41, 5.74) is 0.241. The fourth-order valence-corrected chi connectivity index (χ4v) is 2.91. The van der Waals surface area contributed by atoms with Gasteiger partial charge in [0, 0.05) is 11.1 Å². The van der Waals surface area contributed by atoms with Crippen LogP contribution in [0.2, 0.25) is 15.1 Å². The number of urea groups is 1. The summed E-state index contributed by atoms with van der Waals surface area (Å²) in [6, 6.07) is 1.98. The Morgan fingerprint density at radius 2 is 1.81 bits per heavy atom. The summed E-state index contributed by atoms with van der Waals surface area (Å²) in [6.07, 6.45) is 1.72. The van der Waals surface area contributed by atoms with Crippen LogP contribution in [0.1, 0.15) is 19.3 Å². The molecule has 0 spiro atoms. The summed E-state index contributed by atoms with van der Waals surface area (Å²) < 4.78 is 0. The molecule has 1 aromatic carbocycles. The van der Waals surface area contributed by atoms with Crippen LogP contribution in [0.4, 0.5) is 10.5 Å². The van der Waals surface area contributed by atoms with Crippen LogP contribution in [0.5, 0.6) is 0 Å². The van der Waals surface area contributed by atoms with Crippen LogP contribution in [-0.2, 0) is 4.79 Å². The molecule has 0 saturated heterocycles. The third-order valence-corrected chi connectivity index (χ3v) is 3.96. The van der Waals surface area contributed by atoms with Gasteiger partial charge < -0.3 is 15.7 Å². The van der Waals surface area contributed by atoms with Gasteiger partial charge in [-0.05, 0) is 30.9 Å². The van der Waals surface area contributed by atoms with Gasteiger partial charge in [-0.1, -0.05) is 34.8 Å². The summed E-state index contributed by atoms with van der Waals surface area (Å²) in [5.74, 6) is -0.738. The van der Waals surface area contributed by atoms with Gasteiger partial charge >= 0.3 is 12.0 Å². The average molecular weight is 352 g/mol. The first kappa shape index (κ1) is 16.2. The molecule has 1 unspecified atom stereocenters. The van der Waals surface area contributed by atoms with E-state index in [1.807, 2.05) is 0 Å². The lowest BCUT2D eigenvalue weighted by atomic mass is 10.1. The van der Waals surface area contributed by atoms with Crippen molar-refractivity contribution < 1.29 is 14.7 Å². The number of carbonyl (C=O) groups is 2. The van der Waals surface area contributed by atoms with E-state index >= 15 is 0 Å². The van der Waals surface area contributed by atoms with E-state index in [2.05, 4.69) is 10.6 Å². The van der Waals surface area contributed by atoms with Crippen molar-refractivity contribution in [2.45, 2.75) is 25.3 Å². The monoisotopic (exact) mass is 350 g/mol. The number of amides is 2. The molecule has 21 heavy (non-hydrogen) atoms. The van der Waals surface area contributed by atoms with Crippen molar-refractivity contribution in [1.82, 2.24) is 5.32 Å². The van der Waals surface area contributed by atoms with Crippen molar-refractivity contribution in [2.75, 3.05) is 5.32 Å². The van der Waals surface area contributed by atoms with Crippen LogP contribution >= 0.6 is 34.8 Å². The predicted octanol–water partition coefficient (Wildman–Crippen LogP) is 4.02. The number of halogens is 3. The largest absolute Gasteiger partial charge is 0.481 e. The first-order valence-electron chi connectivity index (χ1n) is 6.30. The number of carboxylic acid groups (broad SMARTS) is 1. The lowest BCUT2D eigenvalue weighted by Crippen LogP contribution is -2.40. The zero-order chi connectivity index (χ0) is 15.6. The lowest BCUT2D eigenvalue weighted by Gasteiger charge is -2.17. The smallest absolute Gasteiger partial charge is 0.319 e. The van der Waals surface area contributed by atoms with Gasteiger partial charge in [0.05, 0.1) is 22.2 Å². The molecule has 0 aromatic heterocycles. The third kappa shape index (κ3) is 4.66. The highest BCUT2D eigenvalue weighted by Gasteiger charge is 2.33. The molecule has 1 saturated carbocycles. The van der Waals surface area contributed by atoms with Gasteiger partial charge in [0.25, 0.3) is 0 Å². The number of nitrogens with one attached hydrogen (secondary N) is 2. The fraction of sp³-hybridized carbons (Fsp3) is 0.385. The Kier molecular flexibility index (Phi) is 5.19. The van der Waals surface area contributed by atoms with E-state index < -0.39 is 18.0 Å². The van der Waals surface area contributed by atoms with Gasteiger partial charge in [-0.2, -0.15) is 0 Å². The van der Waals surface area contributed by atoms with Crippen LogP contribution < -0.4 is 10.6 Å². The van der Waals surface area contributed by atoms with E-state index in [4.69, 9.17) is 39.9 Å². The molecule has 1 aromatic rings. The lowest BCUT2D eigenvalue weighted by molar-refractivity contribution is -0.137. The molecule has 0 heterocycles. The Morgan fingerprint density at radius 1 is 1.24 bits per heavy atom. The second kappa shape index (κ2) is 6.73. The van der Waals surface area contributed by atoms with E-state index in [1.165, 1.54) is 12.1 Å². The van der Waals surface area contributed by atoms with E-state index in [-0.39, 0.29) is 28.1 Å². The zero-order valence-electron chi connectivity index (χ0n) is 10.8. The molecule has 0 aliphatic heterocycles. The molecule has 5 nitrogen and oxygen atoms in total. The Hall–Kier alpha value is -1.17. The van der Waals surface area contributed by atoms with Crippen LogP contribution in [-0.4, -0.2) is 23.1 Å². The Balaban J connectivity index is 2.02. The summed E-state index contributed by atoms with van der Waals surface area (Å²) in [6.45, 7) is 0.